The number of para-hydroxylation sites is 1. The minimum absolute atomic E-state index is 0.0509. The Morgan fingerprint density at radius 3 is 2.77 bits per heavy atom. The monoisotopic (exact) mass is 376 g/mol. The number of imide groups is 1. The van der Waals surface area contributed by atoms with Crippen molar-refractivity contribution in [2.45, 2.75) is 19.1 Å². The molecule has 0 aromatic heterocycles. The molecule has 0 saturated carbocycles. The van der Waals surface area contributed by atoms with Gasteiger partial charge in [-0.1, -0.05) is 26.0 Å². The smallest absolute Gasteiger partial charge is 0.320 e. The fraction of sp³-hybridized carbons (Fsp3) is 0.333. The van der Waals surface area contributed by atoms with E-state index in [1.54, 1.807) is 17.6 Å². The Morgan fingerprint density at radius 2 is 2.08 bits per heavy atom. The number of amides is 4. The van der Waals surface area contributed by atoms with Crippen LogP contribution in [0.25, 0.3) is 0 Å². The van der Waals surface area contributed by atoms with Crippen molar-refractivity contribution in [3.63, 3.8) is 0 Å². The van der Waals surface area contributed by atoms with Gasteiger partial charge in [0.1, 0.15) is 11.5 Å². The number of anilines is 1. The molecule has 1 aromatic rings. The summed E-state index contributed by atoms with van der Waals surface area (Å²) < 4.78 is 15.0. The number of carbonyl (C=O) groups excluding carboxylic acids is 3. The summed E-state index contributed by atoms with van der Waals surface area (Å²) in [6.45, 7) is 3.82. The number of hydrogen-bond acceptors (Lipinski definition) is 4. The summed E-state index contributed by atoms with van der Waals surface area (Å²) in [5.41, 5.74) is 0.545. The third-order valence-corrected chi connectivity index (χ3v) is 4.99. The fourth-order valence-corrected chi connectivity index (χ4v) is 3.80. The fourth-order valence-electron chi connectivity index (χ4n) is 2.84. The van der Waals surface area contributed by atoms with Crippen molar-refractivity contribution < 1.29 is 23.3 Å². The molecule has 1 unspecified atom stereocenters. The van der Waals surface area contributed by atoms with Crippen LogP contribution in [0, 0.1) is 11.7 Å². The van der Waals surface area contributed by atoms with E-state index in [0.29, 0.717) is 5.71 Å². The maximum Gasteiger partial charge on any atom is 0.501 e. The van der Waals surface area contributed by atoms with Crippen LogP contribution in [0.5, 0.6) is 0 Å². The van der Waals surface area contributed by atoms with E-state index in [2.05, 4.69) is 5.32 Å². The predicted molar refractivity (Wildman–Crippen MR) is 97.6 cm³/mol. The van der Waals surface area contributed by atoms with E-state index in [0.717, 1.165) is 0 Å². The summed E-state index contributed by atoms with van der Waals surface area (Å²) in [6.07, 6.45) is 1.67. The van der Waals surface area contributed by atoms with E-state index in [9.17, 15) is 18.8 Å². The van der Waals surface area contributed by atoms with Crippen LogP contribution in [0.3, 0.4) is 0 Å². The third-order valence-electron chi connectivity index (χ3n) is 3.98. The van der Waals surface area contributed by atoms with Crippen LogP contribution in [0.15, 0.2) is 35.7 Å². The second-order valence-electron chi connectivity index (χ2n) is 6.48. The summed E-state index contributed by atoms with van der Waals surface area (Å²) in [5.74, 6) is -1.24. The number of nitrogens with one attached hydrogen (secondary N) is 1. The lowest BCUT2D eigenvalue weighted by Crippen LogP contribution is -2.57. The maximum absolute atomic E-state index is 13.7. The van der Waals surface area contributed by atoms with Crippen molar-refractivity contribution in [2.75, 3.05) is 18.4 Å². The second kappa shape index (κ2) is 7.41. The lowest BCUT2D eigenvalue weighted by molar-refractivity contribution is -0.426. The number of carbonyl (C=O) groups is 3. The van der Waals surface area contributed by atoms with Crippen LogP contribution in [0.2, 0.25) is 0 Å². The zero-order valence-corrected chi connectivity index (χ0v) is 15.3. The Hall–Kier alpha value is -2.48. The number of thioether (sulfide) groups is 1. The summed E-state index contributed by atoms with van der Waals surface area (Å²) in [7, 11) is 0. The lowest BCUT2D eigenvalue weighted by atomic mass is 10.1. The molecule has 1 atom stereocenters. The van der Waals surface area contributed by atoms with Crippen LogP contribution in [-0.4, -0.2) is 51.4 Å². The van der Waals surface area contributed by atoms with Crippen LogP contribution >= 0.6 is 11.8 Å². The number of rotatable bonds is 5. The molecule has 1 N–H and O–H groups in total. The molecule has 136 valence electrons. The normalized spacial score (nSPS) is 19.4. The molecule has 8 heteroatoms. The first-order valence-electron chi connectivity index (χ1n) is 8.24. The van der Waals surface area contributed by atoms with Crippen molar-refractivity contribution in [3.05, 3.63) is 41.6 Å². The van der Waals surface area contributed by atoms with Gasteiger partial charge in [0.05, 0.1) is 12.2 Å². The highest BCUT2D eigenvalue weighted by Gasteiger charge is 2.49. The van der Waals surface area contributed by atoms with Gasteiger partial charge >= 0.3 is 11.9 Å². The van der Waals surface area contributed by atoms with Gasteiger partial charge in [-0.05, 0) is 29.5 Å². The van der Waals surface area contributed by atoms with E-state index in [1.165, 1.54) is 39.4 Å². The summed E-state index contributed by atoms with van der Waals surface area (Å²) in [5, 5.41) is 3.69. The molecule has 26 heavy (non-hydrogen) atoms. The molecular weight excluding hydrogens is 357 g/mol. The second-order valence-corrected chi connectivity index (χ2v) is 7.50. The van der Waals surface area contributed by atoms with E-state index in [1.807, 2.05) is 13.8 Å². The highest BCUT2D eigenvalue weighted by atomic mass is 32.2. The largest absolute Gasteiger partial charge is 0.501 e. The third kappa shape index (κ3) is 3.55. The quantitative estimate of drug-likeness (QED) is 0.802. The number of halogens is 1. The molecule has 4 amide bonds. The molecule has 2 aliphatic rings. The van der Waals surface area contributed by atoms with Gasteiger partial charge in [0, 0.05) is 0 Å². The Balaban J connectivity index is 1.84. The van der Waals surface area contributed by atoms with Crippen LogP contribution < -0.4 is 5.32 Å². The standard InChI is InChI=1S/C18H18FN3O3S/c1-11(2)9-22-17(24)16-14(7-8-26-16)21(18(22)25)10-15(23)20-13-6-4-3-5-12(13)19/h3-8,11,16H,9-10H2,1-2H3/p+1. The number of allylic oxidation sites excluding steroid dienone is 1. The SMILES string of the molecule is CC(C)CN1C(=O)C2SC=CC2=[N+](CC(=O)Nc2ccccc2F)C1=O. The molecule has 0 aliphatic carbocycles. The zero-order valence-electron chi connectivity index (χ0n) is 14.4. The topological polar surface area (TPSA) is 69.5 Å². The van der Waals surface area contributed by atoms with Crippen molar-refractivity contribution in [3.8, 4) is 0 Å². The minimum atomic E-state index is -0.552. The number of benzene rings is 1. The highest BCUT2D eigenvalue weighted by molar-refractivity contribution is 8.04. The molecule has 0 saturated heterocycles. The van der Waals surface area contributed by atoms with Gasteiger partial charge in [0.2, 0.25) is 0 Å². The van der Waals surface area contributed by atoms with Gasteiger partial charge in [0.25, 0.3) is 5.91 Å². The van der Waals surface area contributed by atoms with Crippen LogP contribution in [0.1, 0.15) is 13.8 Å². The summed E-state index contributed by atoms with van der Waals surface area (Å²) in [6, 6.07) is 5.29. The Labute approximate surface area is 154 Å². The molecule has 0 fully saturated rings. The average molecular weight is 376 g/mol. The maximum atomic E-state index is 13.7. The van der Waals surface area contributed by atoms with E-state index >= 15 is 0 Å². The van der Waals surface area contributed by atoms with Crippen molar-refractivity contribution in [2.24, 2.45) is 5.92 Å². The van der Waals surface area contributed by atoms with Gasteiger partial charge in [-0.3, -0.25) is 4.79 Å². The van der Waals surface area contributed by atoms with Gasteiger partial charge in [-0.2, -0.15) is 14.3 Å². The molecule has 1 aromatic carbocycles. The highest BCUT2D eigenvalue weighted by Crippen LogP contribution is 2.28. The molecule has 0 radical (unpaired) electrons. The molecule has 2 aliphatic heterocycles. The first-order chi connectivity index (χ1) is 12.4. The van der Waals surface area contributed by atoms with Gasteiger partial charge in [-0.25, -0.2) is 9.18 Å². The Morgan fingerprint density at radius 1 is 1.35 bits per heavy atom. The molecule has 0 bridgehead atoms. The first-order valence-corrected chi connectivity index (χ1v) is 9.19. The van der Waals surface area contributed by atoms with E-state index in [4.69, 9.17) is 0 Å². The van der Waals surface area contributed by atoms with Crippen molar-refractivity contribution in [1.82, 2.24) is 4.90 Å². The first kappa shape index (κ1) is 18.3. The van der Waals surface area contributed by atoms with E-state index in [-0.39, 0.29) is 30.6 Å². The molecule has 3 rings (SSSR count). The Kier molecular flexibility index (Phi) is 5.22. The summed E-state index contributed by atoms with van der Waals surface area (Å²) >= 11 is 1.31. The van der Waals surface area contributed by atoms with Crippen molar-refractivity contribution >= 4 is 41.0 Å². The number of fused-ring (bicyclic) bond motifs is 1. The minimum Gasteiger partial charge on any atom is -0.320 e. The molecule has 2 heterocycles. The van der Waals surface area contributed by atoms with E-state index < -0.39 is 23.0 Å². The summed E-state index contributed by atoms with van der Waals surface area (Å²) in [4.78, 5) is 38.9. The Bertz CT molecular complexity index is 835. The molecule has 0 spiro atoms. The molecular formula is C18H19FN3O3S+. The van der Waals surface area contributed by atoms with Crippen molar-refractivity contribution in [1.29, 1.82) is 0 Å². The lowest BCUT2D eigenvalue weighted by Gasteiger charge is -2.25. The number of urea groups is 1. The van der Waals surface area contributed by atoms with Crippen LogP contribution in [0.4, 0.5) is 14.9 Å². The van der Waals surface area contributed by atoms with Gasteiger partial charge < -0.3 is 5.32 Å². The molecule has 6 nitrogen and oxygen atoms in total. The average Bonchev–Trinajstić information content (AvgIpc) is 3.07. The van der Waals surface area contributed by atoms with Gasteiger partial charge in [0.15, 0.2) is 11.8 Å². The number of hydrogen-bond donors (Lipinski definition) is 1. The zero-order chi connectivity index (χ0) is 18.8. The predicted octanol–water partition coefficient (Wildman–Crippen LogP) is 2.47. The van der Waals surface area contributed by atoms with Gasteiger partial charge in [-0.15, -0.1) is 11.8 Å². The van der Waals surface area contributed by atoms with Crippen LogP contribution in [-0.2, 0) is 9.59 Å². The number of nitrogens with zero attached hydrogens (tertiary/aromatic N) is 2.